The minimum absolute atomic E-state index is 0.0378. The highest BCUT2D eigenvalue weighted by Gasteiger charge is 2.73. The molecule has 1 saturated heterocycles. The maximum absolute atomic E-state index is 15.1. The van der Waals surface area contributed by atoms with Crippen molar-refractivity contribution in [3.63, 3.8) is 0 Å². The maximum atomic E-state index is 15.1. The Morgan fingerprint density at radius 2 is 1.54 bits per heavy atom. The van der Waals surface area contributed by atoms with E-state index < -0.39 is 78.8 Å². The third kappa shape index (κ3) is 5.02. The van der Waals surface area contributed by atoms with Crippen molar-refractivity contribution >= 4 is 33.3 Å². The average Bonchev–Trinajstić information content (AvgIpc) is 3.27. The molecule has 246 valence electrons. The molecule has 2 atom stereocenters. The molecule has 0 unspecified atom stereocenters. The van der Waals surface area contributed by atoms with Gasteiger partial charge in [-0.3, -0.25) is 4.79 Å². The number of nitrogens with zero attached hydrogens (tertiary/aromatic N) is 1. The fourth-order valence-corrected chi connectivity index (χ4v) is 9.04. The Morgan fingerprint density at radius 3 is 2.13 bits per heavy atom. The van der Waals surface area contributed by atoms with Gasteiger partial charge in [0.1, 0.15) is 10.6 Å². The predicted octanol–water partition coefficient (Wildman–Crippen LogP) is 7.39. The first kappa shape index (κ1) is 33.6. The van der Waals surface area contributed by atoms with Crippen LogP contribution in [-0.2, 0) is 26.7 Å². The zero-order valence-electron chi connectivity index (χ0n) is 23.2. The number of rotatable bonds is 5. The van der Waals surface area contributed by atoms with Crippen molar-refractivity contribution in [1.82, 2.24) is 4.90 Å². The van der Waals surface area contributed by atoms with Gasteiger partial charge in [-0.2, -0.15) is 26.3 Å². The summed E-state index contributed by atoms with van der Waals surface area (Å²) in [5.41, 5.74) is -8.67. The summed E-state index contributed by atoms with van der Waals surface area (Å²) >= 11 is 5.93. The van der Waals surface area contributed by atoms with Gasteiger partial charge in [0.15, 0.2) is 9.84 Å². The molecule has 3 aromatic rings. The zero-order valence-corrected chi connectivity index (χ0v) is 24.8. The van der Waals surface area contributed by atoms with Crippen LogP contribution >= 0.6 is 11.6 Å². The van der Waals surface area contributed by atoms with Crippen molar-refractivity contribution in [2.45, 2.75) is 59.4 Å². The zero-order chi connectivity index (χ0) is 34.0. The molecule has 16 heteroatoms. The lowest BCUT2D eigenvalue weighted by Crippen LogP contribution is -2.51. The molecule has 1 aliphatic carbocycles. The molecule has 6 nitrogen and oxygen atoms in total. The fraction of sp³-hybridized carbons (Fsp3) is 0.333. The Bertz CT molecular complexity index is 1810. The van der Waals surface area contributed by atoms with E-state index in [4.69, 9.17) is 11.6 Å². The number of likely N-dealkylation sites (tertiary alicyclic amines) is 1. The second-order valence-electron chi connectivity index (χ2n) is 11.0. The standard InChI is InChI=1S/C30H22ClF8NO5S/c31-23-11-4-17(15-21(23)26(42)43)25(41)40-13-12-27(46(44,45)20-8-6-19(32)7-9-20)22-10-5-18(14-16(22)2-1-3-24(27)40)28(33,29(34,35)36)30(37,38)39/h4-11,14-15,24H,1-3,12-13H2,(H,42,43)/t24-,27-/m0/s1. The van der Waals surface area contributed by atoms with E-state index in [9.17, 15) is 53.8 Å². The summed E-state index contributed by atoms with van der Waals surface area (Å²) in [5, 5.41) is 9.28. The number of hydrogen-bond donors (Lipinski definition) is 1. The van der Waals surface area contributed by atoms with Crippen LogP contribution in [0, 0.1) is 5.82 Å². The largest absolute Gasteiger partial charge is 0.478 e. The molecule has 3 aromatic carbocycles. The van der Waals surface area contributed by atoms with Crippen LogP contribution in [0.15, 0.2) is 65.6 Å². The number of sulfone groups is 1. The molecule has 1 N–H and O–H groups in total. The topological polar surface area (TPSA) is 91.8 Å². The molecule has 46 heavy (non-hydrogen) atoms. The summed E-state index contributed by atoms with van der Waals surface area (Å²) in [6, 6.07) is 7.01. The average molecular weight is 696 g/mol. The smallest absolute Gasteiger partial charge is 0.435 e. The molecule has 0 spiro atoms. The number of aromatic carboxylic acids is 1. The molecule has 2 aliphatic rings. The first-order valence-electron chi connectivity index (χ1n) is 13.6. The van der Waals surface area contributed by atoms with Crippen LogP contribution in [0.25, 0.3) is 0 Å². The van der Waals surface area contributed by atoms with Crippen LogP contribution < -0.4 is 0 Å². The van der Waals surface area contributed by atoms with Gasteiger partial charge in [-0.15, -0.1) is 0 Å². The highest BCUT2D eigenvalue weighted by Crippen LogP contribution is 2.56. The van der Waals surface area contributed by atoms with Gasteiger partial charge in [-0.25, -0.2) is 22.0 Å². The Balaban J connectivity index is 1.73. The van der Waals surface area contributed by atoms with Gasteiger partial charge >= 0.3 is 24.0 Å². The van der Waals surface area contributed by atoms with Gasteiger partial charge in [-0.05, 0) is 79.3 Å². The van der Waals surface area contributed by atoms with E-state index in [0.717, 1.165) is 41.3 Å². The van der Waals surface area contributed by atoms with Crippen molar-refractivity contribution in [1.29, 1.82) is 0 Å². The second kappa shape index (κ2) is 11.2. The minimum Gasteiger partial charge on any atom is -0.478 e. The van der Waals surface area contributed by atoms with Crippen LogP contribution in [-0.4, -0.2) is 55.2 Å². The van der Waals surface area contributed by atoms with Gasteiger partial charge in [0, 0.05) is 17.7 Å². The third-order valence-corrected chi connectivity index (χ3v) is 11.5. The summed E-state index contributed by atoms with van der Waals surface area (Å²) in [6.45, 7) is -0.283. The molecule has 0 saturated carbocycles. The van der Waals surface area contributed by atoms with Crippen LogP contribution in [0.4, 0.5) is 35.1 Å². The highest BCUT2D eigenvalue weighted by atomic mass is 35.5. The molecule has 5 rings (SSSR count). The number of aryl methyl sites for hydroxylation is 1. The molecule has 0 bridgehead atoms. The molecule has 1 amide bonds. The van der Waals surface area contributed by atoms with Gasteiger partial charge in [0.2, 0.25) is 0 Å². The van der Waals surface area contributed by atoms with Crippen molar-refractivity contribution in [2.24, 2.45) is 0 Å². The van der Waals surface area contributed by atoms with E-state index >= 15 is 4.39 Å². The van der Waals surface area contributed by atoms with E-state index in [1.165, 1.54) is 6.07 Å². The van der Waals surface area contributed by atoms with E-state index in [2.05, 4.69) is 0 Å². The monoisotopic (exact) mass is 695 g/mol. The van der Waals surface area contributed by atoms with Crippen LogP contribution in [0.5, 0.6) is 0 Å². The van der Waals surface area contributed by atoms with Gasteiger partial charge < -0.3 is 10.0 Å². The van der Waals surface area contributed by atoms with Crippen LogP contribution in [0.2, 0.25) is 5.02 Å². The van der Waals surface area contributed by atoms with E-state index in [1.54, 1.807) is 0 Å². The predicted molar refractivity (Wildman–Crippen MR) is 147 cm³/mol. The van der Waals surface area contributed by atoms with Gasteiger partial charge in [-0.1, -0.05) is 29.8 Å². The van der Waals surface area contributed by atoms with Gasteiger partial charge in [0.05, 0.1) is 21.5 Å². The number of fused-ring (bicyclic) bond motifs is 3. The number of carbonyl (C=O) groups is 2. The maximum Gasteiger partial charge on any atom is 0.435 e. The SMILES string of the molecule is O=C(O)c1cc(C(=O)N2CC[C@]3(S(=O)(=O)c4ccc(F)cc4)c4ccc(C(F)(C(F)(F)F)C(F)(F)F)cc4CCC[C@H]23)ccc1Cl. The molecule has 0 aromatic heterocycles. The van der Waals surface area contributed by atoms with Crippen molar-refractivity contribution in [2.75, 3.05) is 6.54 Å². The van der Waals surface area contributed by atoms with Crippen molar-refractivity contribution in [3.8, 4) is 0 Å². The number of hydrogen-bond acceptors (Lipinski definition) is 4. The van der Waals surface area contributed by atoms with Crippen molar-refractivity contribution < 1.29 is 58.2 Å². The van der Waals surface area contributed by atoms with Crippen LogP contribution in [0.3, 0.4) is 0 Å². The molecular weight excluding hydrogens is 674 g/mol. The number of halogens is 9. The first-order chi connectivity index (χ1) is 21.3. The normalized spacial score (nSPS) is 20.5. The number of alkyl halides is 7. The lowest BCUT2D eigenvalue weighted by atomic mass is 9.84. The third-order valence-electron chi connectivity index (χ3n) is 8.61. The number of benzene rings is 3. The Morgan fingerprint density at radius 1 is 0.913 bits per heavy atom. The Labute approximate surface area is 261 Å². The van der Waals surface area contributed by atoms with E-state index in [-0.39, 0.29) is 53.6 Å². The van der Waals surface area contributed by atoms with Gasteiger partial charge in [0.25, 0.3) is 5.91 Å². The van der Waals surface area contributed by atoms with E-state index in [1.807, 2.05) is 0 Å². The summed E-state index contributed by atoms with van der Waals surface area (Å²) in [5.74, 6) is -3.05. The highest BCUT2D eigenvalue weighted by molar-refractivity contribution is 7.92. The number of carbonyl (C=O) groups excluding carboxylic acids is 1. The summed E-state index contributed by atoms with van der Waals surface area (Å²) in [4.78, 5) is 26.2. The number of carboxylic acids is 1. The first-order valence-corrected chi connectivity index (χ1v) is 15.4. The lowest BCUT2D eigenvalue weighted by molar-refractivity contribution is -0.348. The molecular formula is C30H22ClF8NO5S. The quantitative estimate of drug-likeness (QED) is 0.222. The Kier molecular flexibility index (Phi) is 8.20. The summed E-state index contributed by atoms with van der Waals surface area (Å²) in [6.07, 6.45) is -13.6. The number of carboxylic acid groups (broad SMARTS) is 1. The molecule has 1 aliphatic heterocycles. The number of amides is 1. The molecule has 1 heterocycles. The molecule has 0 radical (unpaired) electrons. The van der Waals surface area contributed by atoms with Crippen molar-refractivity contribution in [3.05, 3.63) is 99.3 Å². The lowest BCUT2D eigenvalue weighted by Gasteiger charge is -2.38. The summed E-state index contributed by atoms with van der Waals surface area (Å²) in [7, 11) is -4.71. The second-order valence-corrected chi connectivity index (χ2v) is 13.6. The minimum atomic E-state index is -6.41. The fourth-order valence-electron chi connectivity index (χ4n) is 6.48. The Hall–Kier alpha value is -3.72. The van der Waals surface area contributed by atoms with Crippen LogP contribution in [0.1, 0.15) is 56.7 Å². The van der Waals surface area contributed by atoms with E-state index in [0.29, 0.717) is 12.1 Å². The molecule has 1 fully saturated rings. The summed E-state index contributed by atoms with van der Waals surface area (Å²) < 4.78 is 137.